The van der Waals surface area contributed by atoms with E-state index in [0.717, 1.165) is 13.1 Å². The predicted molar refractivity (Wildman–Crippen MR) is 68.4 cm³/mol. The Bertz CT molecular complexity index is 317. The molecule has 1 N–H and O–H groups in total. The van der Waals surface area contributed by atoms with E-state index in [9.17, 15) is 4.39 Å². The molecule has 1 aromatic rings. The molecule has 1 aromatic carbocycles. The molecule has 0 fully saturated rings. The first kappa shape index (κ1) is 14.1. The molecule has 17 heavy (non-hydrogen) atoms. The number of nitrogens with one attached hydrogen (secondary N) is 1. The molecule has 0 radical (unpaired) electrons. The molecule has 0 amide bonds. The van der Waals surface area contributed by atoms with Gasteiger partial charge in [-0.25, -0.2) is 4.39 Å². The van der Waals surface area contributed by atoms with E-state index < -0.39 is 0 Å². The van der Waals surface area contributed by atoms with E-state index in [1.807, 2.05) is 13.0 Å². The first-order chi connectivity index (χ1) is 8.24. The zero-order chi connectivity index (χ0) is 12.5. The lowest BCUT2D eigenvalue weighted by molar-refractivity contribution is 0.0517. The fraction of sp³-hybridized carbons (Fsp3) is 0.571. The van der Waals surface area contributed by atoms with E-state index in [-0.39, 0.29) is 11.9 Å². The van der Waals surface area contributed by atoms with Crippen molar-refractivity contribution in [3.8, 4) is 0 Å². The largest absolute Gasteiger partial charge is 0.372 e. The Morgan fingerprint density at radius 3 is 2.82 bits per heavy atom. The van der Waals surface area contributed by atoms with Gasteiger partial charge in [-0.1, -0.05) is 31.5 Å². The molecule has 3 heteroatoms. The minimum absolute atomic E-state index is 0.103. The molecule has 0 saturated heterocycles. The fourth-order valence-corrected chi connectivity index (χ4v) is 1.51. The summed E-state index contributed by atoms with van der Waals surface area (Å²) in [5, 5.41) is 3.32. The maximum absolute atomic E-state index is 13.3. The second-order valence-corrected chi connectivity index (χ2v) is 4.27. The van der Waals surface area contributed by atoms with Crippen molar-refractivity contribution in [2.45, 2.75) is 39.4 Å². The Morgan fingerprint density at radius 2 is 2.12 bits per heavy atom. The van der Waals surface area contributed by atoms with Gasteiger partial charge in [0.2, 0.25) is 0 Å². The molecule has 2 nitrogen and oxygen atoms in total. The number of hydrogen-bond acceptors (Lipinski definition) is 2. The number of halogens is 1. The van der Waals surface area contributed by atoms with Crippen LogP contribution in [0.1, 0.15) is 32.3 Å². The van der Waals surface area contributed by atoms with Crippen LogP contribution in [-0.4, -0.2) is 19.2 Å². The third kappa shape index (κ3) is 5.80. The quantitative estimate of drug-likeness (QED) is 0.704. The number of rotatable bonds is 8. The van der Waals surface area contributed by atoms with Crippen molar-refractivity contribution in [1.82, 2.24) is 5.32 Å². The number of ether oxygens (including phenoxy) is 1. The highest BCUT2D eigenvalue weighted by Crippen LogP contribution is 2.08. The van der Waals surface area contributed by atoms with Crippen LogP contribution < -0.4 is 5.32 Å². The van der Waals surface area contributed by atoms with E-state index in [2.05, 4.69) is 12.2 Å². The minimum atomic E-state index is -0.196. The molecular formula is C14H22FNO. The summed E-state index contributed by atoms with van der Waals surface area (Å²) in [6.07, 6.45) is 2.48. The van der Waals surface area contributed by atoms with Crippen molar-refractivity contribution in [2.75, 3.05) is 13.1 Å². The van der Waals surface area contributed by atoms with Gasteiger partial charge in [0.1, 0.15) is 5.82 Å². The molecule has 0 aliphatic carbocycles. The van der Waals surface area contributed by atoms with Crippen LogP contribution in [-0.2, 0) is 11.3 Å². The van der Waals surface area contributed by atoms with Crippen molar-refractivity contribution < 1.29 is 9.13 Å². The molecule has 1 unspecified atom stereocenters. The summed E-state index contributed by atoms with van der Waals surface area (Å²) in [7, 11) is 0. The van der Waals surface area contributed by atoms with Crippen LogP contribution >= 0.6 is 0 Å². The molecule has 1 rings (SSSR count). The molecule has 0 bridgehead atoms. The Hall–Kier alpha value is -0.930. The average molecular weight is 239 g/mol. The van der Waals surface area contributed by atoms with Gasteiger partial charge in [-0.15, -0.1) is 0 Å². The van der Waals surface area contributed by atoms with Gasteiger partial charge in [0.05, 0.1) is 12.7 Å². The highest BCUT2D eigenvalue weighted by atomic mass is 19.1. The molecule has 0 spiro atoms. The minimum Gasteiger partial charge on any atom is -0.372 e. The molecule has 0 aromatic heterocycles. The van der Waals surface area contributed by atoms with E-state index in [0.29, 0.717) is 12.2 Å². The lowest BCUT2D eigenvalue weighted by Gasteiger charge is -2.14. The van der Waals surface area contributed by atoms with Crippen LogP contribution in [0, 0.1) is 5.82 Å². The summed E-state index contributed by atoms with van der Waals surface area (Å²) >= 11 is 0. The summed E-state index contributed by atoms with van der Waals surface area (Å²) in [6, 6.07) is 6.73. The summed E-state index contributed by atoms with van der Waals surface area (Å²) in [5.74, 6) is -0.196. The summed E-state index contributed by atoms with van der Waals surface area (Å²) in [5.41, 5.74) is 0.618. The maximum Gasteiger partial charge on any atom is 0.128 e. The summed E-state index contributed by atoms with van der Waals surface area (Å²) < 4.78 is 18.9. The Labute approximate surface area is 103 Å². The van der Waals surface area contributed by atoms with Gasteiger partial charge in [0.15, 0.2) is 0 Å². The van der Waals surface area contributed by atoms with Crippen LogP contribution in [0.4, 0.5) is 4.39 Å². The van der Waals surface area contributed by atoms with Crippen LogP contribution in [0.3, 0.4) is 0 Å². The lowest BCUT2D eigenvalue weighted by Crippen LogP contribution is -2.27. The van der Waals surface area contributed by atoms with Gasteiger partial charge in [-0.2, -0.15) is 0 Å². The topological polar surface area (TPSA) is 21.3 Å². The number of hydrogen-bond donors (Lipinski definition) is 1. The predicted octanol–water partition coefficient (Wildman–Crippen LogP) is 3.12. The van der Waals surface area contributed by atoms with Gasteiger partial charge in [-0.3, -0.25) is 0 Å². The number of benzene rings is 1. The van der Waals surface area contributed by atoms with Crippen LogP contribution in [0.5, 0.6) is 0 Å². The Morgan fingerprint density at radius 1 is 1.35 bits per heavy atom. The Balaban J connectivity index is 2.19. The van der Waals surface area contributed by atoms with Crippen molar-refractivity contribution in [3.05, 3.63) is 35.6 Å². The molecule has 0 saturated carbocycles. The average Bonchev–Trinajstić information content (AvgIpc) is 2.34. The van der Waals surface area contributed by atoms with Crippen LogP contribution in [0.2, 0.25) is 0 Å². The van der Waals surface area contributed by atoms with Gasteiger partial charge >= 0.3 is 0 Å². The zero-order valence-corrected chi connectivity index (χ0v) is 10.7. The van der Waals surface area contributed by atoms with Crippen LogP contribution in [0.25, 0.3) is 0 Å². The third-order valence-electron chi connectivity index (χ3n) is 2.62. The molecule has 1 atom stereocenters. The van der Waals surface area contributed by atoms with E-state index in [1.54, 1.807) is 12.1 Å². The normalized spacial score (nSPS) is 12.6. The van der Waals surface area contributed by atoms with E-state index >= 15 is 0 Å². The second kappa shape index (κ2) is 8.20. The van der Waals surface area contributed by atoms with Crippen LogP contribution in [0.15, 0.2) is 24.3 Å². The zero-order valence-electron chi connectivity index (χ0n) is 10.7. The van der Waals surface area contributed by atoms with Gasteiger partial charge in [0, 0.05) is 12.1 Å². The molecular weight excluding hydrogens is 217 g/mol. The van der Waals surface area contributed by atoms with Gasteiger partial charge < -0.3 is 10.1 Å². The lowest BCUT2D eigenvalue weighted by atomic mass is 10.2. The van der Waals surface area contributed by atoms with Gasteiger partial charge in [-0.05, 0) is 26.0 Å². The molecule has 0 aliphatic heterocycles. The first-order valence-electron chi connectivity index (χ1n) is 6.29. The van der Waals surface area contributed by atoms with E-state index in [1.165, 1.54) is 18.9 Å². The smallest absolute Gasteiger partial charge is 0.128 e. The Kier molecular flexibility index (Phi) is 6.82. The van der Waals surface area contributed by atoms with Crippen molar-refractivity contribution >= 4 is 0 Å². The van der Waals surface area contributed by atoms with Crippen molar-refractivity contribution in [2.24, 2.45) is 0 Å². The van der Waals surface area contributed by atoms with Crippen molar-refractivity contribution in [3.63, 3.8) is 0 Å². The maximum atomic E-state index is 13.3. The monoisotopic (exact) mass is 239 g/mol. The van der Waals surface area contributed by atoms with E-state index in [4.69, 9.17) is 4.74 Å². The fourth-order valence-electron chi connectivity index (χ4n) is 1.51. The molecule has 0 aliphatic rings. The second-order valence-electron chi connectivity index (χ2n) is 4.27. The molecule has 0 heterocycles. The van der Waals surface area contributed by atoms with Crippen molar-refractivity contribution in [1.29, 1.82) is 0 Å². The first-order valence-corrected chi connectivity index (χ1v) is 6.29. The highest BCUT2D eigenvalue weighted by molar-refractivity contribution is 5.16. The standard InChI is InChI=1S/C14H22FNO/c1-3-4-9-16-10-12(2)17-11-13-7-5-6-8-14(13)15/h5-8,12,16H,3-4,9-11H2,1-2H3. The number of unbranched alkanes of at least 4 members (excludes halogenated alkanes) is 1. The highest BCUT2D eigenvalue weighted by Gasteiger charge is 2.04. The molecule has 96 valence electrons. The summed E-state index contributed by atoms with van der Waals surface area (Å²) in [6.45, 7) is 6.33. The SMILES string of the molecule is CCCCNCC(C)OCc1ccccc1F. The van der Waals surface area contributed by atoms with Gasteiger partial charge in [0.25, 0.3) is 0 Å². The third-order valence-corrected chi connectivity index (χ3v) is 2.62. The summed E-state index contributed by atoms with van der Waals surface area (Å²) in [4.78, 5) is 0.